The van der Waals surface area contributed by atoms with Crippen LogP contribution in [0, 0.1) is 0 Å². The molecule has 2 aliphatic rings. The summed E-state index contributed by atoms with van der Waals surface area (Å²) in [5, 5.41) is 9.41. The van der Waals surface area contributed by atoms with Gasteiger partial charge in [-0.05, 0) is 48.6 Å². The molecular formula is C24H20N4O3S2. The van der Waals surface area contributed by atoms with E-state index >= 15 is 0 Å². The normalized spacial score (nSPS) is 18.1. The molecule has 1 unspecified atom stereocenters. The monoisotopic (exact) mass is 476 g/mol. The first-order valence-electron chi connectivity index (χ1n) is 10.8. The number of carbonyl (C=O) groups is 1. The Morgan fingerprint density at radius 1 is 1.15 bits per heavy atom. The van der Waals surface area contributed by atoms with Gasteiger partial charge in [0.05, 0.1) is 29.0 Å². The van der Waals surface area contributed by atoms with E-state index in [4.69, 9.17) is 9.40 Å². The average Bonchev–Trinajstić information content (AvgIpc) is 3.26. The van der Waals surface area contributed by atoms with Crippen LogP contribution in [-0.4, -0.2) is 31.9 Å². The summed E-state index contributed by atoms with van der Waals surface area (Å²) in [6, 6.07) is 15.1. The zero-order valence-electron chi connectivity index (χ0n) is 17.6. The summed E-state index contributed by atoms with van der Waals surface area (Å²) in [5.41, 5.74) is 1.38. The molecule has 9 heteroatoms. The molecule has 0 bridgehead atoms. The van der Waals surface area contributed by atoms with Gasteiger partial charge >= 0.3 is 0 Å². The number of amides is 1. The second-order valence-corrected chi connectivity index (χ2v) is 10.0. The van der Waals surface area contributed by atoms with Crippen LogP contribution in [0.2, 0.25) is 0 Å². The van der Waals surface area contributed by atoms with Gasteiger partial charge in [-0.2, -0.15) is 5.10 Å². The lowest BCUT2D eigenvalue weighted by Gasteiger charge is -2.20. The number of hydrogen-bond donors (Lipinski definition) is 0. The molecule has 4 heterocycles. The molecular weight excluding hydrogens is 456 g/mol. The van der Waals surface area contributed by atoms with Crippen LogP contribution in [0.1, 0.15) is 42.0 Å². The van der Waals surface area contributed by atoms with E-state index in [2.05, 4.69) is 5.10 Å². The fraction of sp³-hybridized carbons (Fsp3) is 0.250. The molecule has 0 spiro atoms. The zero-order valence-corrected chi connectivity index (χ0v) is 19.2. The Bertz CT molecular complexity index is 1410. The summed E-state index contributed by atoms with van der Waals surface area (Å²) in [6.07, 6.45) is 4.14. The van der Waals surface area contributed by atoms with Crippen molar-refractivity contribution in [2.24, 2.45) is 5.10 Å². The van der Waals surface area contributed by atoms with Gasteiger partial charge in [-0.15, -0.1) is 11.3 Å². The van der Waals surface area contributed by atoms with Crippen molar-refractivity contribution in [1.82, 2.24) is 14.6 Å². The molecule has 0 radical (unpaired) electrons. The maximum atomic E-state index is 13.3. The van der Waals surface area contributed by atoms with Crippen molar-refractivity contribution < 1.29 is 9.21 Å². The second kappa shape index (κ2) is 8.31. The van der Waals surface area contributed by atoms with Gasteiger partial charge < -0.3 is 4.42 Å². The summed E-state index contributed by atoms with van der Waals surface area (Å²) in [6.45, 7) is 0. The number of hydrazone groups is 1. The third-order valence-electron chi connectivity index (χ3n) is 5.86. The Balaban J connectivity index is 1.29. The van der Waals surface area contributed by atoms with Crippen molar-refractivity contribution in [2.75, 3.05) is 5.75 Å². The lowest BCUT2D eigenvalue weighted by atomic mass is 10.1. The van der Waals surface area contributed by atoms with Crippen LogP contribution >= 0.6 is 23.1 Å². The number of aromatic nitrogens is 2. The van der Waals surface area contributed by atoms with E-state index in [1.165, 1.54) is 11.8 Å². The number of benzene rings is 1. The van der Waals surface area contributed by atoms with Crippen molar-refractivity contribution in [3.8, 4) is 0 Å². The number of nitrogens with zero attached hydrogens (tertiary/aromatic N) is 4. The predicted molar refractivity (Wildman–Crippen MR) is 129 cm³/mol. The average molecular weight is 477 g/mol. The Hall–Kier alpha value is -3.17. The Morgan fingerprint density at radius 3 is 2.79 bits per heavy atom. The molecule has 1 aromatic carbocycles. The van der Waals surface area contributed by atoms with Gasteiger partial charge in [0.15, 0.2) is 5.16 Å². The third kappa shape index (κ3) is 3.81. The first kappa shape index (κ1) is 20.4. The minimum atomic E-state index is -0.159. The lowest BCUT2D eigenvalue weighted by molar-refractivity contribution is -0.130. The summed E-state index contributed by atoms with van der Waals surface area (Å²) in [7, 11) is 0. The van der Waals surface area contributed by atoms with Crippen LogP contribution in [0.25, 0.3) is 10.9 Å². The molecule has 1 fully saturated rings. The maximum absolute atomic E-state index is 13.3. The molecule has 1 aliphatic carbocycles. The van der Waals surface area contributed by atoms with E-state index in [-0.39, 0.29) is 29.3 Å². The van der Waals surface area contributed by atoms with Crippen molar-refractivity contribution in [3.05, 3.63) is 81.2 Å². The molecule has 3 aromatic heterocycles. The van der Waals surface area contributed by atoms with Gasteiger partial charge in [-0.25, -0.2) is 9.99 Å². The van der Waals surface area contributed by atoms with E-state index < -0.39 is 0 Å². The number of rotatable bonds is 6. The highest BCUT2D eigenvalue weighted by Crippen LogP contribution is 2.38. The fourth-order valence-corrected chi connectivity index (χ4v) is 5.84. The quantitative estimate of drug-likeness (QED) is 0.293. The lowest BCUT2D eigenvalue weighted by Crippen LogP contribution is -2.29. The topological polar surface area (TPSA) is 80.7 Å². The minimum Gasteiger partial charge on any atom is -0.463 e. The molecule has 1 aliphatic heterocycles. The van der Waals surface area contributed by atoms with Crippen LogP contribution in [-0.2, 0) is 4.79 Å². The number of furan rings is 1. The molecule has 0 saturated heterocycles. The van der Waals surface area contributed by atoms with E-state index in [9.17, 15) is 9.59 Å². The molecule has 6 rings (SSSR count). The highest BCUT2D eigenvalue weighted by molar-refractivity contribution is 7.99. The first-order chi connectivity index (χ1) is 16.2. The number of hydrogen-bond acceptors (Lipinski definition) is 7. The van der Waals surface area contributed by atoms with Gasteiger partial charge in [0.1, 0.15) is 11.5 Å². The SMILES string of the molecule is O=C(CSc1nc2ccccc2c(=O)n1C1CC1)N1N=C(c2ccco2)CC1c1cccs1. The summed E-state index contributed by atoms with van der Waals surface area (Å²) in [4.78, 5) is 32.2. The van der Waals surface area contributed by atoms with Gasteiger partial charge in [-0.1, -0.05) is 30.0 Å². The molecule has 4 aromatic rings. The van der Waals surface area contributed by atoms with Gasteiger partial charge in [-0.3, -0.25) is 14.2 Å². The van der Waals surface area contributed by atoms with E-state index in [1.807, 2.05) is 53.9 Å². The molecule has 33 heavy (non-hydrogen) atoms. The zero-order chi connectivity index (χ0) is 22.4. The van der Waals surface area contributed by atoms with Crippen molar-refractivity contribution in [3.63, 3.8) is 0 Å². The predicted octanol–water partition coefficient (Wildman–Crippen LogP) is 4.86. The van der Waals surface area contributed by atoms with Gasteiger partial charge in [0, 0.05) is 17.3 Å². The van der Waals surface area contributed by atoms with Crippen LogP contribution in [0.15, 0.2) is 79.6 Å². The number of para-hydroxylation sites is 1. The standard InChI is InChI=1S/C24H20N4O3S2/c29-22(28-19(21-8-4-12-32-21)13-18(26-28)20-7-3-11-31-20)14-33-24-25-17-6-2-1-5-16(17)23(30)27(24)15-9-10-15/h1-8,11-12,15,19H,9-10,13-14H2. The van der Waals surface area contributed by atoms with Crippen molar-refractivity contribution >= 4 is 45.6 Å². The third-order valence-corrected chi connectivity index (χ3v) is 7.77. The molecule has 1 saturated carbocycles. The summed E-state index contributed by atoms with van der Waals surface area (Å²) >= 11 is 2.92. The Labute approximate surface area is 197 Å². The van der Waals surface area contributed by atoms with E-state index in [0.717, 1.165) is 23.4 Å². The molecule has 166 valence electrons. The van der Waals surface area contributed by atoms with Crippen LogP contribution in [0.4, 0.5) is 0 Å². The van der Waals surface area contributed by atoms with Crippen molar-refractivity contribution in [2.45, 2.75) is 36.5 Å². The highest BCUT2D eigenvalue weighted by atomic mass is 32.2. The minimum absolute atomic E-state index is 0.0335. The summed E-state index contributed by atoms with van der Waals surface area (Å²) in [5.74, 6) is 0.705. The number of carbonyl (C=O) groups excluding carboxylic acids is 1. The van der Waals surface area contributed by atoms with Crippen LogP contribution in [0.3, 0.4) is 0 Å². The Kier molecular flexibility index (Phi) is 5.15. The maximum Gasteiger partial charge on any atom is 0.262 e. The van der Waals surface area contributed by atoms with Crippen LogP contribution in [0.5, 0.6) is 0 Å². The first-order valence-corrected chi connectivity index (χ1v) is 12.7. The summed E-state index contributed by atoms with van der Waals surface area (Å²) < 4.78 is 7.29. The molecule has 0 N–H and O–H groups in total. The second-order valence-electron chi connectivity index (χ2n) is 8.10. The van der Waals surface area contributed by atoms with Gasteiger partial charge in [0.25, 0.3) is 11.5 Å². The molecule has 1 amide bonds. The van der Waals surface area contributed by atoms with Gasteiger partial charge in [0.2, 0.25) is 0 Å². The van der Waals surface area contributed by atoms with Crippen LogP contribution < -0.4 is 5.56 Å². The fourth-order valence-electron chi connectivity index (χ4n) is 4.11. The molecule has 7 nitrogen and oxygen atoms in total. The molecule has 1 atom stereocenters. The Morgan fingerprint density at radius 2 is 2.03 bits per heavy atom. The number of fused-ring (bicyclic) bond motifs is 1. The largest absolute Gasteiger partial charge is 0.463 e. The smallest absolute Gasteiger partial charge is 0.262 e. The van der Waals surface area contributed by atoms with E-state index in [0.29, 0.717) is 28.2 Å². The van der Waals surface area contributed by atoms with Crippen molar-refractivity contribution in [1.29, 1.82) is 0 Å². The highest BCUT2D eigenvalue weighted by Gasteiger charge is 2.35. The number of thioether (sulfide) groups is 1. The number of thiophene rings is 1. The van der Waals surface area contributed by atoms with E-state index in [1.54, 1.807) is 27.2 Å².